The van der Waals surface area contributed by atoms with Crippen molar-refractivity contribution >= 4 is 23.4 Å². The van der Waals surface area contributed by atoms with Crippen LogP contribution in [0, 0.1) is 6.92 Å². The Kier molecular flexibility index (Phi) is 5.84. The number of thioether (sulfide) groups is 1. The highest BCUT2D eigenvalue weighted by Gasteiger charge is 2.20. The molecule has 0 aliphatic carbocycles. The van der Waals surface area contributed by atoms with Gasteiger partial charge in [0.15, 0.2) is 0 Å². The number of para-hydroxylation sites is 1. The first-order chi connectivity index (χ1) is 13.3. The molecular formula is C21H25N5OS. The molecule has 0 aliphatic rings. The molecule has 3 aromatic rings. The summed E-state index contributed by atoms with van der Waals surface area (Å²) < 4.78 is 1.67. The van der Waals surface area contributed by atoms with E-state index in [4.69, 9.17) is 0 Å². The van der Waals surface area contributed by atoms with Crippen LogP contribution >= 0.6 is 11.8 Å². The first kappa shape index (κ1) is 20.1. The molecule has 1 unspecified atom stereocenters. The number of carbonyl (C=O) groups excluding carboxylic acids is 1. The predicted octanol–water partition coefficient (Wildman–Crippen LogP) is 4.39. The molecule has 1 amide bonds. The Morgan fingerprint density at radius 2 is 1.79 bits per heavy atom. The van der Waals surface area contributed by atoms with Gasteiger partial charge in [-0.15, -0.1) is 5.10 Å². The summed E-state index contributed by atoms with van der Waals surface area (Å²) in [6, 6.07) is 15.8. The standard InChI is InChI=1S/C21H25N5OS/c1-14-8-6-7-9-18(14)26-20(23-24-25-26)28-15(2)19(27)22-17-12-10-16(11-13-17)21(3,4)5/h6-13,15H,1-5H3,(H,22,27). The molecule has 0 fully saturated rings. The number of carbonyl (C=O) groups is 1. The summed E-state index contributed by atoms with van der Waals surface area (Å²) in [5.41, 5.74) is 4.06. The van der Waals surface area contributed by atoms with E-state index in [1.807, 2.05) is 62.4 Å². The normalized spacial score (nSPS) is 12.6. The maximum absolute atomic E-state index is 12.6. The van der Waals surface area contributed by atoms with Crippen LogP contribution in [0.25, 0.3) is 5.69 Å². The molecule has 0 bridgehead atoms. The Balaban J connectivity index is 1.69. The van der Waals surface area contributed by atoms with Crippen LogP contribution in [0.15, 0.2) is 53.7 Å². The van der Waals surface area contributed by atoms with Crippen molar-refractivity contribution in [3.05, 3.63) is 59.7 Å². The van der Waals surface area contributed by atoms with Crippen LogP contribution in [0.4, 0.5) is 5.69 Å². The molecular weight excluding hydrogens is 370 g/mol. The van der Waals surface area contributed by atoms with Gasteiger partial charge in [-0.05, 0) is 59.0 Å². The second-order valence-electron chi connectivity index (χ2n) is 7.74. The predicted molar refractivity (Wildman–Crippen MR) is 113 cm³/mol. The highest BCUT2D eigenvalue weighted by atomic mass is 32.2. The third-order valence-electron chi connectivity index (χ3n) is 4.45. The molecule has 28 heavy (non-hydrogen) atoms. The zero-order valence-electron chi connectivity index (χ0n) is 16.8. The molecule has 3 rings (SSSR count). The third-order valence-corrected chi connectivity index (χ3v) is 5.49. The van der Waals surface area contributed by atoms with E-state index < -0.39 is 0 Å². The summed E-state index contributed by atoms with van der Waals surface area (Å²) >= 11 is 1.33. The number of aryl methyl sites for hydroxylation is 1. The van der Waals surface area contributed by atoms with Crippen molar-refractivity contribution in [1.82, 2.24) is 20.2 Å². The fourth-order valence-electron chi connectivity index (χ4n) is 2.71. The first-order valence-corrected chi connectivity index (χ1v) is 10.1. The zero-order chi connectivity index (χ0) is 20.3. The number of amides is 1. The average molecular weight is 396 g/mol. The van der Waals surface area contributed by atoms with E-state index in [0.29, 0.717) is 5.16 Å². The molecule has 1 N–H and O–H groups in total. The molecule has 2 aromatic carbocycles. The minimum absolute atomic E-state index is 0.0817. The van der Waals surface area contributed by atoms with Gasteiger partial charge in [0.25, 0.3) is 0 Å². The van der Waals surface area contributed by atoms with Crippen molar-refractivity contribution < 1.29 is 4.79 Å². The maximum atomic E-state index is 12.6. The van der Waals surface area contributed by atoms with Crippen LogP contribution in [0.2, 0.25) is 0 Å². The van der Waals surface area contributed by atoms with Gasteiger partial charge in [-0.1, -0.05) is 62.9 Å². The highest BCUT2D eigenvalue weighted by molar-refractivity contribution is 8.00. The van der Waals surface area contributed by atoms with Crippen LogP contribution < -0.4 is 5.32 Å². The topological polar surface area (TPSA) is 72.7 Å². The molecule has 1 atom stereocenters. The Morgan fingerprint density at radius 3 is 2.43 bits per heavy atom. The van der Waals surface area contributed by atoms with Gasteiger partial charge in [0.05, 0.1) is 10.9 Å². The summed E-state index contributed by atoms with van der Waals surface area (Å²) in [6.07, 6.45) is 0. The lowest BCUT2D eigenvalue weighted by atomic mass is 9.87. The quantitative estimate of drug-likeness (QED) is 0.649. The monoisotopic (exact) mass is 395 g/mol. The van der Waals surface area contributed by atoms with E-state index in [1.165, 1.54) is 17.3 Å². The summed E-state index contributed by atoms with van der Waals surface area (Å²) in [5, 5.41) is 15.1. The third kappa shape index (κ3) is 4.59. The van der Waals surface area contributed by atoms with Crippen LogP contribution in [-0.4, -0.2) is 31.4 Å². The van der Waals surface area contributed by atoms with E-state index in [0.717, 1.165) is 16.9 Å². The lowest BCUT2D eigenvalue weighted by molar-refractivity contribution is -0.115. The first-order valence-electron chi connectivity index (χ1n) is 9.18. The van der Waals surface area contributed by atoms with E-state index in [1.54, 1.807) is 4.68 Å². The number of nitrogens with zero attached hydrogens (tertiary/aromatic N) is 4. The summed E-state index contributed by atoms with van der Waals surface area (Å²) in [6.45, 7) is 10.3. The summed E-state index contributed by atoms with van der Waals surface area (Å²) in [5.74, 6) is -0.0900. The summed E-state index contributed by atoms with van der Waals surface area (Å²) in [4.78, 5) is 12.6. The van der Waals surface area contributed by atoms with Crippen molar-refractivity contribution in [2.45, 2.75) is 50.4 Å². The second kappa shape index (κ2) is 8.14. The molecule has 0 spiro atoms. The second-order valence-corrected chi connectivity index (χ2v) is 9.04. The van der Waals surface area contributed by atoms with Gasteiger partial charge in [0, 0.05) is 5.69 Å². The van der Waals surface area contributed by atoms with Gasteiger partial charge in [-0.2, -0.15) is 4.68 Å². The molecule has 0 radical (unpaired) electrons. The summed E-state index contributed by atoms with van der Waals surface area (Å²) in [7, 11) is 0. The number of benzene rings is 2. The lowest BCUT2D eigenvalue weighted by Crippen LogP contribution is -2.23. The van der Waals surface area contributed by atoms with E-state index in [2.05, 4.69) is 41.6 Å². The van der Waals surface area contributed by atoms with Gasteiger partial charge in [0.2, 0.25) is 11.1 Å². The number of hydrogen-bond acceptors (Lipinski definition) is 5. The lowest BCUT2D eigenvalue weighted by Gasteiger charge is -2.19. The maximum Gasteiger partial charge on any atom is 0.237 e. The van der Waals surface area contributed by atoms with Crippen molar-refractivity contribution in [2.75, 3.05) is 5.32 Å². The Morgan fingerprint density at radius 1 is 1.11 bits per heavy atom. The SMILES string of the molecule is Cc1ccccc1-n1nnnc1SC(C)C(=O)Nc1ccc(C(C)(C)C)cc1. The fraction of sp³-hybridized carbons (Fsp3) is 0.333. The Labute approximate surface area is 169 Å². The van der Waals surface area contributed by atoms with Crippen LogP contribution in [0.3, 0.4) is 0 Å². The van der Waals surface area contributed by atoms with Crippen molar-refractivity contribution in [3.63, 3.8) is 0 Å². The van der Waals surface area contributed by atoms with Gasteiger partial charge in [-0.3, -0.25) is 4.79 Å². The largest absolute Gasteiger partial charge is 0.325 e. The van der Waals surface area contributed by atoms with Crippen molar-refractivity contribution in [2.24, 2.45) is 0 Å². The molecule has 0 aliphatic heterocycles. The van der Waals surface area contributed by atoms with Gasteiger partial charge in [0.1, 0.15) is 0 Å². The van der Waals surface area contributed by atoms with Crippen LogP contribution in [0.5, 0.6) is 0 Å². The van der Waals surface area contributed by atoms with E-state index >= 15 is 0 Å². The number of nitrogens with one attached hydrogen (secondary N) is 1. The fourth-order valence-corrected chi connectivity index (χ4v) is 3.51. The molecule has 7 heteroatoms. The molecule has 1 heterocycles. The zero-order valence-corrected chi connectivity index (χ0v) is 17.6. The number of tetrazole rings is 1. The average Bonchev–Trinajstić information content (AvgIpc) is 3.09. The van der Waals surface area contributed by atoms with E-state index in [-0.39, 0.29) is 16.6 Å². The van der Waals surface area contributed by atoms with Crippen LogP contribution in [0.1, 0.15) is 38.8 Å². The number of anilines is 1. The molecule has 146 valence electrons. The molecule has 1 aromatic heterocycles. The van der Waals surface area contributed by atoms with Gasteiger partial charge >= 0.3 is 0 Å². The van der Waals surface area contributed by atoms with E-state index in [9.17, 15) is 4.79 Å². The number of rotatable bonds is 5. The van der Waals surface area contributed by atoms with Crippen molar-refractivity contribution in [3.8, 4) is 5.69 Å². The highest BCUT2D eigenvalue weighted by Crippen LogP contribution is 2.26. The number of hydrogen-bond donors (Lipinski definition) is 1. The molecule has 0 saturated carbocycles. The minimum Gasteiger partial charge on any atom is -0.325 e. The van der Waals surface area contributed by atoms with Crippen LogP contribution in [-0.2, 0) is 10.2 Å². The smallest absolute Gasteiger partial charge is 0.237 e. The molecule has 6 nitrogen and oxygen atoms in total. The van der Waals surface area contributed by atoms with Crippen molar-refractivity contribution in [1.29, 1.82) is 0 Å². The minimum atomic E-state index is -0.351. The Hall–Kier alpha value is -2.67. The molecule has 0 saturated heterocycles. The number of aromatic nitrogens is 4. The van der Waals surface area contributed by atoms with Gasteiger partial charge < -0.3 is 5.32 Å². The van der Waals surface area contributed by atoms with Gasteiger partial charge in [-0.25, -0.2) is 0 Å². The Bertz CT molecular complexity index is 959.